The van der Waals surface area contributed by atoms with E-state index in [0.29, 0.717) is 6.54 Å². The van der Waals surface area contributed by atoms with E-state index in [1.54, 1.807) is 7.11 Å². The van der Waals surface area contributed by atoms with E-state index >= 15 is 0 Å². The Morgan fingerprint density at radius 3 is 2.59 bits per heavy atom. The van der Waals surface area contributed by atoms with Crippen LogP contribution in [0, 0.1) is 13.8 Å². The maximum Gasteiger partial charge on any atom is 0.143 e. The number of rotatable bonds is 3. The fourth-order valence-electron chi connectivity index (χ4n) is 2.55. The summed E-state index contributed by atoms with van der Waals surface area (Å²) in [5, 5.41) is 1.30. The number of ether oxygens (including phenoxy) is 1. The van der Waals surface area contributed by atoms with Crippen LogP contribution >= 0.6 is 0 Å². The predicted octanol–water partition coefficient (Wildman–Crippen LogP) is 2.30. The second kappa shape index (κ2) is 4.41. The van der Waals surface area contributed by atoms with Crippen LogP contribution < -0.4 is 10.5 Å². The summed E-state index contributed by atoms with van der Waals surface area (Å²) >= 11 is 0. The first-order valence-electron chi connectivity index (χ1n) is 5.93. The zero-order chi connectivity index (χ0) is 12.6. The van der Waals surface area contributed by atoms with E-state index in [2.05, 4.69) is 31.5 Å². The van der Waals surface area contributed by atoms with Crippen molar-refractivity contribution >= 4 is 10.9 Å². The summed E-state index contributed by atoms with van der Waals surface area (Å²) in [5.41, 5.74) is 10.8. The quantitative estimate of drug-likeness (QED) is 0.882. The number of methoxy groups -OCH3 is 1. The maximum absolute atomic E-state index is 5.71. The van der Waals surface area contributed by atoms with Crippen LogP contribution in [0.1, 0.15) is 16.8 Å². The molecule has 1 aromatic carbocycles. The first kappa shape index (κ1) is 12.0. The molecular formula is C14H20N2O. The molecule has 0 aliphatic heterocycles. The van der Waals surface area contributed by atoms with Crippen LogP contribution in [0.5, 0.6) is 5.75 Å². The van der Waals surface area contributed by atoms with E-state index in [9.17, 15) is 0 Å². The van der Waals surface area contributed by atoms with Crippen molar-refractivity contribution in [1.29, 1.82) is 0 Å². The average molecular weight is 232 g/mol. The van der Waals surface area contributed by atoms with Crippen LogP contribution in [0.2, 0.25) is 0 Å². The Labute approximate surface area is 102 Å². The minimum Gasteiger partial charge on any atom is -0.495 e. The Kier molecular flexibility index (Phi) is 3.11. The molecule has 0 saturated carbocycles. The molecule has 1 heterocycles. The molecule has 0 saturated heterocycles. The van der Waals surface area contributed by atoms with Crippen molar-refractivity contribution in [3.05, 3.63) is 29.0 Å². The Bertz CT molecular complexity index is 555. The van der Waals surface area contributed by atoms with Gasteiger partial charge in [-0.1, -0.05) is 6.07 Å². The van der Waals surface area contributed by atoms with E-state index < -0.39 is 0 Å². The lowest BCUT2D eigenvalue weighted by Crippen LogP contribution is -2.04. The van der Waals surface area contributed by atoms with Crippen molar-refractivity contribution in [2.24, 2.45) is 12.8 Å². The van der Waals surface area contributed by atoms with Gasteiger partial charge < -0.3 is 15.0 Å². The second-order valence-corrected chi connectivity index (χ2v) is 4.47. The normalized spacial score (nSPS) is 11.1. The predicted molar refractivity (Wildman–Crippen MR) is 71.7 cm³/mol. The summed E-state index contributed by atoms with van der Waals surface area (Å²) in [6.45, 7) is 4.96. The van der Waals surface area contributed by atoms with Crippen LogP contribution in [-0.4, -0.2) is 18.2 Å². The molecule has 3 nitrogen and oxygen atoms in total. The standard InChI is InChI=1S/C14H20N2O/c1-9-5-6-12(17-4)14-13(9)11(7-8-15)10(2)16(14)3/h5-6H,7-8,15H2,1-4H3. The molecule has 0 aliphatic rings. The van der Waals surface area contributed by atoms with Gasteiger partial charge in [0.1, 0.15) is 5.75 Å². The Morgan fingerprint density at radius 1 is 1.29 bits per heavy atom. The summed E-state index contributed by atoms with van der Waals surface area (Å²) in [5.74, 6) is 0.930. The average Bonchev–Trinajstić information content (AvgIpc) is 2.57. The number of nitrogens with zero attached hydrogens (tertiary/aromatic N) is 1. The molecule has 2 aromatic rings. The molecule has 0 spiro atoms. The third-order valence-corrected chi connectivity index (χ3v) is 3.54. The van der Waals surface area contributed by atoms with Crippen molar-refractivity contribution < 1.29 is 4.74 Å². The summed E-state index contributed by atoms with van der Waals surface area (Å²) < 4.78 is 7.66. The highest BCUT2D eigenvalue weighted by atomic mass is 16.5. The number of fused-ring (bicyclic) bond motifs is 1. The van der Waals surface area contributed by atoms with E-state index in [1.165, 1.54) is 27.7 Å². The largest absolute Gasteiger partial charge is 0.495 e. The summed E-state index contributed by atoms with van der Waals surface area (Å²) in [6.07, 6.45) is 0.914. The van der Waals surface area contributed by atoms with Gasteiger partial charge in [-0.2, -0.15) is 0 Å². The molecule has 0 unspecified atom stereocenters. The smallest absolute Gasteiger partial charge is 0.143 e. The van der Waals surface area contributed by atoms with E-state index in [-0.39, 0.29) is 0 Å². The number of hydrogen-bond donors (Lipinski definition) is 1. The lowest BCUT2D eigenvalue weighted by Gasteiger charge is -2.07. The summed E-state index contributed by atoms with van der Waals surface area (Å²) in [7, 11) is 3.80. The van der Waals surface area contributed by atoms with Gasteiger partial charge in [0.15, 0.2) is 0 Å². The highest BCUT2D eigenvalue weighted by Gasteiger charge is 2.16. The van der Waals surface area contributed by atoms with Crippen LogP contribution in [-0.2, 0) is 13.5 Å². The summed E-state index contributed by atoms with van der Waals surface area (Å²) in [6, 6.07) is 4.14. The molecule has 0 amide bonds. The third kappa shape index (κ3) is 1.71. The Morgan fingerprint density at radius 2 is 2.00 bits per heavy atom. The zero-order valence-electron chi connectivity index (χ0n) is 11.0. The molecule has 0 atom stereocenters. The fraction of sp³-hybridized carbons (Fsp3) is 0.429. The molecule has 0 radical (unpaired) electrons. The zero-order valence-corrected chi connectivity index (χ0v) is 11.0. The van der Waals surface area contributed by atoms with Crippen LogP contribution in [0.3, 0.4) is 0 Å². The molecule has 0 bridgehead atoms. The van der Waals surface area contributed by atoms with Crippen molar-refractivity contribution in [3.8, 4) is 5.75 Å². The molecule has 17 heavy (non-hydrogen) atoms. The third-order valence-electron chi connectivity index (χ3n) is 3.54. The maximum atomic E-state index is 5.71. The van der Waals surface area contributed by atoms with Crippen LogP contribution in [0.4, 0.5) is 0 Å². The van der Waals surface area contributed by atoms with Gasteiger partial charge in [-0.25, -0.2) is 0 Å². The van der Waals surface area contributed by atoms with E-state index in [1.807, 2.05) is 6.07 Å². The van der Waals surface area contributed by atoms with Crippen molar-refractivity contribution in [2.75, 3.05) is 13.7 Å². The highest BCUT2D eigenvalue weighted by molar-refractivity contribution is 5.93. The molecule has 0 aliphatic carbocycles. The van der Waals surface area contributed by atoms with Crippen molar-refractivity contribution in [2.45, 2.75) is 20.3 Å². The number of aromatic nitrogens is 1. The van der Waals surface area contributed by atoms with E-state index in [4.69, 9.17) is 10.5 Å². The second-order valence-electron chi connectivity index (χ2n) is 4.47. The minimum atomic E-state index is 0.677. The van der Waals surface area contributed by atoms with E-state index in [0.717, 1.165) is 12.2 Å². The topological polar surface area (TPSA) is 40.2 Å². The van der Waals surface area contributed by atoms with Crippen molar-refractivity contribution in [3.63, 3.8) is 0 Å². The van der Waals surface area contributed by atoms with Gasteiger partial charge in [-0.3, -0.25) is 0 Å². The van der Waals surface area contributed by atoms with Gasteiger partial charge in [-0.05, 0) is 44.0 Å². The number of hydrogen-bond acceptors (Lipinski definition) is 2. The van der Waals surface area contributed by atoms with Gasteiger partial charge in [0.05, 0.1) is 12.6 Å². The van der Waals surface area contributed by atoms with Crippen LogP contribution in [0.15, 0.2) is 12.1 Å². The van der Waals surface area contributed by atoms with Crippen molar-refractivity contribution in [1.82, 2.24) is 4.57 Å². The van der Waals surface area contributed by atoms with Gasteiger partial charge in [0.25, 0.3) is 0 Å². The Hall–Kier alpha value is -1.48. The molecular weight excluding hydrogens is 212 g/mol. The van der Waals surface area contributed by atoms with Gasteiger partial charge in [-0.15, -0.1) is 0 Å². The first-order chi connectivity index (χ1) is 8.11. The first-order valence-corrected chi connectivity index (χ1v) is 5.93. The summed E-state index contributed by atoms with van der Waals surface area (Å²) in [4.78, 5) is 0. The molecule has 3 heteroatoms. The van der Waals surface area contributed by atoms with Gasteiger partial charge >= 0.3 is 0 Å². The number of benzene rings is 1. The Balaban J connectivity index is 2.87. The minimum absolute atomic E-state index is 0.677. The van der Waals surface area contributed by atoms with Gasteiger partial charge in [0.2, 0.25) is 0 Å². The lowest BCUT2D eigenvalue weighted by molar-refractivity contribution is 0.417. The van der Waals surface area contributed by atoms with Gasteiger partial charge in [0, 0.05) is 18.1 Å². The SMILES string of the molecule is COc1ccc(C)c2c(CCN)c(C)n(C)c12. The molecule has 2 N–H and O–H groups in total. The number of nitrogens with two attached hydrogens (primary N) is 1. The molecule has 2 rings (SSSR count). The molecule has 0 fully saturated rings. The fourth-order valence-corrected chi connectivity index (χ4v) is 2.55. The molecule has 1 aromatic heterocycles. The lowest BCUT2D eigenvalue weighted by atomic mass is 10.0. The van der Waals surface area contributed by atoms with Crippen LogP contribution in [0.25, 0.3) is 10.9 Å². The highest BCUT2D eigenvalue weighted by Crippen LogP contribution is 2.34. The number of aryl methyl sites for hydroxylation is 2. The monoisotopic (exact) mass is 232 g/mol. The molecule has 92 valence electrons.